The second-order valence-electron chi connectivity index (χ2n) is 5.44. The van der Waals surface area contributed by atoms with Crippen LogP contribution in [0.3, 0.4) is 0 Å². The fourth-order valence-electron chi connectivity index (χ4n) is 2.51. The van der Waals surface area contributed by atoms with Gasteiger partial charge in [0.1, 0.15) is 0 Å². The lowest BCUT2D eigenvalue weighted by molar-refractivity contribution is 0.0526. The number of carbonyl (C=O) groups is 1. The number of rotatable bonds is 5. The van der Waals surface area contributed by atoms with Crippen LogP contribution in [-0.2, 0) is 14.8 Å². The highest BCUT2D eigenvalue weighted by Crippen LogP contribution is 2.15. The molecule has 1 heterocycles. The van der Waals surface area contributed by atoms with Crippen LogP contribution in [0.15, 0.2) is 29.2 Å². The molecule has 0 aliphatic carbocycles. The molecule has 22 heavy (non-hydrogen) atoms. The number of piperidine rings is 1. The summed E-state index contributed by atoms with van der Waals surface area (Å²) in [6.45, 7) is 4.85. The first-order chi connectivity index (χ1) is 10.4. The van der Waals surface area contributed by atoms with Crippen LogP contribution in [0, 0.1) is 0 Å². The number of nitrogens with one attached hydrogen (secondary N) is 2. The predicted molar refractivity (Wildman–Crippen MR) is 83.2 cm³/mol. The van der Waals surface area contributed by atoms with Crippen molar-refractivity contribution >= 4 is 16.0 Å². The van der Waals surface area contributed by atoms with Gasteiger partial charge in [-0.2, -0.15) is 0 Å². The quantitative estimate of drug-likeness (QED) is 0.796. The number of hydrogen-bond acceptors (Lipinski definition) is 5. The molecule has 0 radical (unpaired) electrons. The highest BCUT2D eigenvalue weighted by molar-refractivity contribution is 7.89. The lowest BCUT2D eigenvalue weighted by Gasteiger charge is -2.28. The Kier molecular flexibility index (Phi) is 5.55. The third-order valence-electron chi connectivity index (χ3n) is 3.62. The average Bonchev–Trinajstić information content (AvgIpc) is 2.47. The van der Waals surface area contributed by atoms with Gasteiger partial charge in [-0.15, -0.1) is 0 Å². The summed E-state index contributed by atoms with van der Waals surface area (Å²) in [5, 5.41) is 3.28. The van der Waals surface area contributed by atoms with Crippen molar-refractivity contribution in [3.63, 3.8) is 0 Å². The Hall–Kier alpha value is -1.44. The maximum Gasteiger partial charge on any atom is 0.338 e. The molecule has 6 nitrogen and oxygen atoms in total. The van der Waals surface area contributed by atoms with E-state index >= 15 is 0 Å². The van der Waals surface area contributed by atoms with Gasteiger partial charge < -0.3 is 10.1 Å². The Morgan fingerprint density at radius 2 is 2.05 bits per heavy atom. The summed E-state index contributed by atoms with van der Waals surface area (Å²) in [7, 11) is -3.57. The van der Waals surface area contributed by atoms with Crippen LogP contribution in [0.2, 0.25) is 0 Å². The highest BCUT2D eigenvalue weighted by atomic mass is 32.2. The van der Waals surface area contributed by atoms with E-state index in [9.17, 15) is 13.2 Å². The van der Waals surface area contributed by atoms with E-state index in [1.165, 1.54) is 24.3 Å². The van der Waals surface area contributed by atoms with Crippen molar-refractivity contribution in [3.8, 4) is 0 Å². The molecule has 1 aromatic rings. The molecule has 1 aromatic carbocycles. The van der Waals surface area contributed by atoms with E-state index < -0.39 is 16.0 Å². The molecule has 7 heteroatoms. The fraction of sp³-hybridized carbons (Fsp3) is 0.533. The molecule has 2 unspecified atom stereocenters. The molecule has 1 aliphatic rings. The number of sulfonamides is 1. The lowest BCUT2D eigenvalue weighted by Crippen LogP contribution is -2.46. The second-order valence-corrected chi connectivity index (χ2v) is 7.16. The predicted octanol–water partition coefficient (Wildman–Crippen LogP) is 1.28. The molecule has 0 amide bonds. The van der Waals surface area contributed by atoms with E-state index in [1.54, 1.807) is 6.92 Å². The van der Waals surface area contributed by atoms with E-state index in [4.69, 9.17) is 4.74 Å². The first kappa shape index (κ1) is 16.9. The van der Waals surface area contributed by atoms with E-state index in [-0.39, 0.29) is 17.5 Å². The van der Waals surface area contributed by atoms with Crippen molar-refractivity contribution in [1.29, 1.82) is 0 Å². The van der Waals surface area contributed by atoms with Crippen LogP contribution in [-0.4, -0.2) is 39.6 Å². The third-order valence-corrected chi connectivity index (χ3v) is 5.16. The van der Waals surface area contributed by atoms with Gasteiger partial charge >= 0.3 is 5.97 Å². The summed E-state index contributed by atoms with van der Waals surface area (Å²) in [4.78, 5) is 11.7. The van der Waals surface area contributed by atoms with Crippen LogP contribution in [0.1, 0.15) is 37.0 Å². The molecule has 2 rings (SSSR count). The summed E-state index contributed by atoms with van der Waals surface area (Å²) in [6, 6.07) is 6.03. The topological polar surface area (TPSA) is 84.5 Å². The zero-order valence-electron chi connectivity index (χ0n) is 12.8. The van der Waals surface area contributed by atoms with Crippen molar-refractivity contribution < 1.29 is 17.9 Å². The molecule has 0 spiro atoms. The summed E-state index contributed by atoms with van der Waals surface area (Å²) >= 11 is 0. The Morgan fingerprint density at radius 1 is 1.36 bits per heavy atom. The van der Waals surface area contributed by atoms with E-state index in [0.717, 1.165) is 19.4 Å². The van der Waals surface area contributed by atoms with Crippen molar-refractivity contribution in [1.82, 2.24) is 10.0 Å². The molecule has 122 valence electrons. The Balaban J connectivity index is 2.07. The van der Waals surface area contributed by atoms with E-state index in [2.05, 4.69) is 10.0 Å². The SMILES string of the molecule is CCOC(=O)c1ccc(S(=O)(=O)NC2CCNC(C)C2)cc1. The minimum absolute atomic E-state index is 0.0639. The molecule has 0 bridgehead atoms. The van der Waals surface area contributed by atoms with Gasteiger partial charge in [-0.25, -0.2) is 17.9 Å². The van der Waals surface area contributed by atoms with Gasteiger partial charge in [-0.3, -0.25) is 0 Å². The third kappa shape index (κ3) is 4.28. The number of ether oxygens (including phenoxy) is 1. The standard InChI is InChI=1S/C15H22N2O4S/c1-3-21-15(18)12-4-6-14(7-5-12)22(19,20)17-13-8-9-16-11(2)10-13/h4-7,11,13,16-17H,3,8-10H2,1-2H3. The molecule has 1 fully saturated rings. The minimum Gasteiger partial charge on any atom is -0.462 e. The summed E-state index contributed by atoms with van der Waals surface area (Å²) in [5.41, 5.74) is 0.344. The Morgan fingerprint density at radius 3 is 2.64 bits per heavy atom. The van der Waals surface area contributed by atoms with Crippen LogP contribution in [0.25, 0.3) is 0 Å². The molecule has 0 saturated carbocycles. The normalized spacial score (nSPS) is 22.3. The van der Waals surface area contributed by atoms with Crippen molar-refractivity contribution in [2.75, 3.05) is 13.2 Å². The van der Waals surface area contributed by atoms with E-state index in [0.29, 0.717) is 11.6 Å². The maximum absolute atomic E-state index is 12.4. The number of esters is 1. The van der Waals surface area contributed by atoms with Gasteiger partial charge in [-0.05, 0) is 57.5 Å². The van der Waals surface area contributed by atoms with Crippen LogP contribution < -0.4 is 10.0 Å². The van der Waals surface area contributed by atoms with Gasteiger partial charge in [0.25, 0.3) is 0 Å². The van der Waals surface area contributed by atoms with Gasteiger partial charge in [0.15, 0.2) is 0 Å². The van der Waals surface area contributed by atoms with Crippen molar-refractivity contribution in [2.45, 2.75) is 43.7 Å². The highest BCUT2D eigenvalue weighted by Gasteiger charge is 2.24. The first-order valence-electron chi connectivity index (χ1n) is 7.45. The lowest BCUT2D eigenvalue weighted by atomic mass is 10.0. The summed E-state index contributed by atoms with van der Waals surface area (Å²) in [6.07, 6.45) is 1.53. The summed E-state index contributed by atoms with van der Waals surface area (Å²) in [5.74, 6) is -0.452. The number of benzene rings is 1. The van der Waals surface area contributed by atoms with Gasteiger partial charge in [0.2, 0.25) is 10.0 Å². The molecule has 1 aliphatic heterocycles. The maximum atomic E-state index is 12.4. The van der Waals surface area contributed by atoms with Crippen LogP contribution in [0.5, 0.6) is 0 Å². The molecule has 1 saturated heterocycles. The van der Waals surface area contributed by atoms with Gasteiger partial charge in [-0.1, -0.05) is 0 Å². The summed E-state index contributed by atoms with van der Waals surface area (Å²) < 4.78 is 32.3. The zero-order chi connectivity index (χ0) is 16.2. The van der Waals surface area contributed by atoms with Crippen molar-refractivity contribution in [3.05, 3.63) is 29.8 Å². The average molecular weight is 326 g/mol. The molecular formula is C15H22N2O4S. The monoisotopic (exact) mass is 326 g/mol. The molecular weight excluding hydrogens is 304 g/mol. The largest absolute Gasteiger partial charge is 0.462 e. The Labute approximate surface area is 131 Å². The Bertz CT molecular complexity index is 613. The number of carbonyl (C=O) groups excluding carboxylic acids is 1. The zero-order valence-corrected chi connectivity index (χ0v) is 13.7. The first-order valence-corrected chi connectivity index (χ1v) is 8.93. The van der Waals surface area contributed by atoms with Crippen molar-refractivity contribution in [2.24, 2.45) is 0 Å². The van der Waals surface area contributed by atoms with Crippen LogP contribution in [0.4, 0.5) is 0 Å². The van der Waals surface area contributed by atoms with Crippen LogP contribution >= 0.6 is 0 Å². The number of hydrogen-bond donors (Lipinski definition) is 2. The fourth-order valence-corrected chi connectivity index (χ4v) is 3.79. The van der Waals surface area contributed by atoms with E-state index in [1.807, 2.05) is 6.92 Å². The minimum atomic E-state index is -3.57. The molecule has 2 N–H and O–H groups in total. The smallest absolute Gasteiger partial charge is 0.338 e. The van der Waals surface area contributed by atoms with Gasteiger partial charge in [0, 0.05) is 12.1 Å². The molecule has 2 atom stereocenters. The molecule has 0 aromatic heterocycles. The second kappa shape index (κ2) is 7.21. The van der Waals surface area contributed by atoms with Gasteiger partial charge in [0.05, 0.1) is 17.1 Å².